The second-order valence-corrected chi connectivity index (χ2v) is 12.4. The van der Waals surface area contributed by atoms with Gasteiger partial charge in [-0.2, -0.15) is 0 Å². The molecule has 7 aromatic carbocycles. The van der Waals surface area contributed by atoms with E-state index in [1.807, 2.05) is 12.1 Å². The molecular weight excluding hydrogens is 589 g/mol. The molecule has 224 valence electrons. The van der Waals surface area contributed by atoms with Crippen LogP contribution in [-0.2, 0) is 0 Å². The summed E-state index contributed by atoms with van der Waals surface area (Å²) in [6, 6.07) is 55.9. The summed E-state index contributed by atoms with van der Waals surface area (Å²) in [6.45, 7) is 0. The maximum Gasteiger partial charge on any atom is 0.220 e. The zero-order chi connectivity index (χ0) is 31.3. The van der Waals surface area contributed by atoms with Crippen molar-refractivity contribution in [2.45, 2.75) is 0 Å². The van der Waals surface area contributed by atoms with Gasteiger partial charge in [-0.1, -0.05) is 84.9 Å². The Morgan fingerprint density at radius 1 is 0.438 bits per heavy atom. The Bertz CT molecular complexity index is 3060. The van der Waals surface area contributed by atoms with Gasteiger partial charge in [0, 0.05) is 38.5 Å². The van der Waals surface area contributed by atoms with Crippen molar-refractivity contribution in [3.05, 3.63) is 158 Å². The van der Waals surface area contributed by atoms with E-state index < -0.39 is 0 Å². The van der Waals surface area contributed by atoms with Crippen LogP contribution in [0.4, 0.5) is 0 Å². The molecule has 0 N–H and O–H groups in total. The van der Waals surface area contributed by atoms with Crippen molar-refractivity contribution in [2.24, 2.45) is 0 Å². The minimum atomic E-state index is 0.904. The van der Waals surface area contributed by atoms with Gasteiger partial charge in [0.25, 0.3) is 0 Å². The molecule has 48 heavy (non-hydrogen) atoms. The zero-order valence-electron chi connectivity index (χ0n) is 25.7. The third kappa shape index (κ3) is 3.42. The number of rotatable bonds is 3. The van der Waals surface area contributed by atoms with E-state index in [2.05, 4.69) is 159 Å². The smallest absolute Gasteiger partial charge is 0.220 e. The van der Waals surface area contributed by atoms with E-state index >= 15 is 0 Å². The SMILES string of the molecule is c1ccc(-n2c3ccc(-c4cccc5c4oc4ccccc45)cc3c3cc(-n4c5ccccc5n5c6ccccc6nc45)ccc32)cc1. The Balaban J connectivity index is 1.22. The van der Waals surface area contributed by atoms with Crippen LogP contribution >= 0.6 is 0 Å². The van der Waals surface area contributed by atoms with Crippen molar-refractivity contribution in [3.63, 3.8) is 0 Å². The minimum absolute atomic E-state index is 0.904. The summed E-state index contributed by atoms with van der Waals surface area (Å²) in [7, 11) is 0. The first-order chi connectivity index (χ1) is 23.8. The van der Waals surface area contributed by atoms with Crippen LogP contribution in [0.5, 0.6) is 0 Å². The first-order valence-electron chi connectivity index (χ1n) is 16.2. The van der Waals surface area contributed by atoms with Gasteiger partial charge < -0.3 is 8.98 Å². The van der Waals surface area contributed by atoms with Crippen molar-refractivity contribution in [3.8, 4) is 22.5 Å². The Morgan fingerprint density at radius 2 is 1.15 bits per heavy atom. The number of furan rings is 1. The largest absolute Gasteiger partial charge is 0.455 e. The number of fused-ring (bicyclic) bond motifs is 11. The number of benzene rings is 7. The van der Waals surface area contributed by atoms with E-state index in [0.717, 1.165) is 83.3 Å². The van der Waals surface area contributed by atoms with Gasteiger partial charge in [-0.15, -0.1) is 0 Å². The van der Waals surface area contributed by atoms with Gasteiger partial charge in [-0.25, -0.2) is 4.98 Å². The summed E-state index contributed by atoms with van der Waals surface area (Å²) in [5.74, 6) is 0.904. The number of para-hydroxylation sites is 7. The fraction of sp³-hybridized carbons (Fsp3) is 0. The van der Waals surface area contributed by atoms with Crippen molar-refractivity contribution >= 4 is 71.6 Å². The first kappa shape index (κ1) is 25.6. The van der Waals surface area contributed by atoms with Crippen LogP contribution in [0.15, 0.2) is 162 Å². The van der Waals surface area contributed by atoms with Crippen LogP contribution in [0.2, 0.25) is 0 Å². The molecule has 5 nitrogen and oxygen atoms in total. The highest BCUT2D eigenvalue weighted by Crippen LogP contribution is 2.40. The molecule has 0 spiro atoms. The number of aromatic nitrogens is 4. The molecule has 11 aromatic rings. The van der Waals surface area contributed by atoms with E-state index in [1.165, 1.54) is 10.8 Å². The zero-order valence-corrected chi connectivity index (χ0v) is 25.7. The Kier molecular flexibility index (Phi) is 5.05. The predicted molar refractivity (Wildman–Crippen MR) is 197 cm³/mol. The fourth-order valence-electron chi connectivity index (χ4n) is 7.75. The molecule has 0 unspecified atom stereocenters. The molecule has 4 heterocycles. The van der Waals surface area contributed by atoms with E-state index in [4.69, 9.17) is 9.40 Å². The molecular formula is C43H26N4O. The topological polar surface area (TPSA) is 40.3 Å². The first-order valence-corrected chi connectivity index (χ1v) is 16.2. The molecule has 0 bridgehead atoms. The standard InChI is InChI=1S/C43H26N4O/c1-2-11-28(12-3-1)45-36-23-21-27(30-14-10-15-32-31-13-4-9-20-41(31)48-42(30)32)25-33(36)34-26-29(22-24-37(34)45)46-39-18-7-8-19-40(39)47-38-17-6-5-16-35(38)44-43(46)47/h1-26H. The van der Waals surface area contributed by atoms with Crippen LogP contribution in [0.25, 0.3) is 94.1 Å². The Hall–Kier alpha value is -6.59. The van der Waals surface area contributed by atoms with Gasteiger partial charge in [0.05, 0.1) is 33.1 Å². The lowest BCUT2D eigenvalue weighted by atomic mass is 10.00. The predicted octanol–water partition coefficient (Wildman–Crippen LogP) is 11.1. The molecule has 0 radical (unpaired) electrons. The maximum absolute atomic E-state index is 6.47. The highest BCUT2D eigenvalue weighted by atomic mass is 16.3. The van der Waals surface area contributed by atoms with Crippen LogP contribution in [-0.4, -0.2) is 18.5 Å². The van der Waals surface area contributed by atoms with Gasteiger partial charge >= 0.3 is 0 Å². The Labute approximate surface area is 274 Å². The highest BCUT2D eigenvalue weighted by Gasteiger charge is 2.20. The summed E-state index contributed by atoms with van der Waals surface area (Å²) in [6.07, 6.45) is 0. The summed E-state index contributed by atoms with van der Waals surface area (Å²) in [4.78, 5) is 5.13. The molecule has 0 aliphatic carbocycles. The van der Waals surface area contributed by atoms with E-state index in [9.17, 15) is 0 Å². The van der Waals surface area contributed by atoms with Crippen LogP contribution in [0.1, 0.15) is 0 Å². The molecule has 0 atom stereocenters. The fourth-order valence-corrected chi connectivity index (χ4v) is 7.75. The lowest BCUT2D eigenvalue weighted by Crippen LogP contribution is -1.96. The Morgan fingerprint density at radius 3 is 2.04 bits per heavy atom. The molecule has 0 aliphatic heterocycles. The lowest BCUT2D eigenvalue weighted by molar-refractivity contribution is 0.670. The average Bonchev–Trinajstić information content (AvgIpc) is 3.88. The minimum Gasteiger partial charge on any atom is -0.455 e. The number of hydrogen-bond acceptors (Lipinski definition) is 2. The highest BCUT2D eigenvalue weighted by molar-refractivity contribution is 6.13. The molecule has 4 aromatic heterocycles. The van der Waals surface area contributed by atoms with Crippen LogP contribution in [0, 0.1) is 0 Å². The van der Waals surface area contributed by atoms with E-state index in [1.54, 1.807) is 0 Å². The summed E-state index contributed by atoms with van der Waals surface area (Å²) in [5, 5.41) is 4.63. The third-order valence-electron chi connectivity index (χ3n) is 9.84. The molecule has 0 fully saturated rings. The normalized spacial score (nSPS) is 12.2. The number of nitrogens with zero attached hydrogens (tertiary/aromatic N) is 4. The maximum atomic E-state index is 6.47. The summed E-state index contributed by atoms with van der Waals surface area (Å²) < 4.78 is 13.4. The number of hydrogen-bond donors (Lipinski definition) is 0. The van der Waals surface area contributed by atoms with Gasteiger partial charge in [0.2, 0.25) is 5.78 Å². The van der Waals surface area contributed by atoms with Gasteiger partial charge in [-0.05, 0) is 78.4 Å². The monoisotopic (exact) mass is 614 g/mol. The van der Waals surface area contributed by atoms with E-state index in [-0.39, 0.29) is 0 Å². The van der Waals surface area contributed by atoms with Gasteiger partial charge in [-0.3, -0.25) is 8.97 Å². The molecule has 5 heteroatoms. The summed E-state index contributed by atoms with van der Waals surface area (Å²) in [5.41, 5.74) is 12.9. The van der Waals surface area contributed by atoms with Gasteiger partial charge in [0.15, 0.2) is 0 Å². The molecule has 0 amide bonds. The second kappa shape index (κ2) is 9.47. The summed E-state index contributed by atoms with van der Waals surface area (Å²) >= 11 is 0. The van der Waals surface area contributed by atoms with Crippen LogP contribution < -0.4 is 0 Å². The van der Waals surface area contributed by atoms with Crippen molar-refractivity contribution in [2.75, 3.05) is 0 Å². The van der Waals surface area contributed by atoms with Crippen molar-refractivity contribution in [1.82, 2.24) is 18.5 Å². The average molecular weight is 615 g/mol. The van der Waals surface area contributed by atoms with Crippen LogP contribution in [0.3, 0.4) is 0 Å². The quantitative estimate of drug-likeness (QED) is 0.199. The van der Waals surface area contributed by atoms with Crippen molar-refractivity contribution < 1.29 is 4.42 Å². The van der Waals surface area contributed by atoms with Gasteiger partial charge in [0.1, 0.15) is 11.2 Å². The molecule has 0 saturated heterocycles. The molecule has 0 saturated carbocycles. The van der Waals surface area contributed by atoms with Crippen molar-refractivity contribution in [1.29, 1.82) is 0 Å². The second-order valence-electron chi connectivity index (χ2n) is 12.4. The molecule has 0 aliphatic rings. The molecule has 11 rings (SSSR count). The van der Waals surface area contributed by atoms with E-state index in [0.29, 0.717) is 0 Å². The number of imidazole rings is 2. The lowest BCUT2D eigenvalue weighted by Gasteiger charge is -2.09. The third-order valence-corrected chi connectivity index (χ3v) is 9.84.